The van der Waals surface area contributed by atoms with Gasteiger partial charge in [-0.05, 0) is 20.3 Å². The lowest BCUT2D eigenvalue weighted by atomic mass is 10.2. The molecule has 5 heteroatoms. The van der Waals surface area contributed by atoms with Crippen LogP contribution in [0.25, 0.3) is 0 Å². The van der Waals surface area contributed by atoms with Crippen LogP contribution in [0.3, 0.4) is 0 Å². The fourth-order valence-corrected chi connectivity index (χ4v) is 1.22. The molecule has 0 unspecified atom stereocenters. The summed E-state index contributed by atoms with van der Waals surface area (Å²) in [5.74, 6) is 0.753. The van der Waals surface area contributed by atoms with Gasteiger partial charge in [-0.15, -0.1) is 0 Å². The molecule has 0 aliphatic heterocycles. The van der Waals surface area contributed by atoms with Crippen LogP contribution >= 0.6 is 0 Å². The monoisotopic (exact) mass is 211 g/mol. The van der Waals surface area contributed by atoms with Crippen molar-refractivity contribution in [2.45, 2.75) is 33.7 Å². The second-order valence-electron chi connectivity index (χ2n) is 3.41. The Bertz CT molecular complexity index is 314. The summed E-state index contributed by atoms with van der Waals surface area (Å²) in [5.41, 5.74) is 1.77. The van der Waals surface area contributed by atoms with Crippen molar-refractivity contribution in [1.29, 1.82) is 0 Å². The van der Waals surface area contributed by atoms with Crippen LogP contribution in [0.5, 0.6) is 0 Å². The van der Waals surface area contributed by atoms with Crippen molar-refractivity contribution in [2.75, 3.05) is 6.54 Å². The third kappa shape index (κ3) is 3.27. The summed E-state index contributed by atoms with van der Waals surface area (Å²) in [5, 5.41) is 9.29. The average Bonchev–Trinajstić information content (AvgIpc) is 2.53. The minimum Gasteiger partial charge on any atom is -0.361 e. The van der Waals surface area contributed by atoms with E-state index in [1.165, 1.54) is 0 Å². The van der Waals surface area contributed by atoms with Crippen LogP contribution in [0.2, 0.25) is 0 Å². The maximum Gasteiger partial charge on any atom is 0.315 e. The highest BCUT2D eigenvalue weighted by Gasteiger charge is 2.09. The summed E-state index contributed by atoms with van der Waals surface area (Å²) in [6.07, 6.45) is 0.929. The van der Waals surface area contributed by atoms with Gasteiger partial charge in [0, 0.05) is 18.7 Å². The van der Waals surface area contributed by atoms with E-state index in [1.807, 2.05) is 20.8 Å². The van der Waals surface area contributed by atoms with Crippen LogP contribution in [0.1, 0.15) is 30.4 Å². The predicted molar refractivity (Wildman–Crippen MR) is 56.5 cm³/mol. The van der Waals surface area contributed by atoms with Gasteiger partial charge in [-0.1, -0.05) is 12.1 Å². The summed E-state index contributed by atoms with van der Waals surface area (Å²) in [6, 6.07) is -0.156. The maximum atomic E-state index is 11.2. The molecule has 0 saturated carbocycles. The Hall–Kier alpha value is -1.52. The molecule has 84 valence electrons. The standard InChI is InChI=1S/C10H17N3O2/c1-4-5-11-10(14)12-6-9-7(2)13-15-8(9)3/h4-6H2,1-3H3,(H2,11,12,14). The number of aryl methyl sites for hydroxylation is 2. The maximum absolute atomic E-state index is 11.2. The summed E-state index contributed by atoms with van der Waals surface area (Å²) >= 11 is 0. The number of carbonyl (C=O) groups is 1. The molecule has 0 aliphatic carbocycles. The molecular weight excluding hydrogens is 194 g/mol. The number of hydrogen-bond acceptors (Lipinski definition) is 3. The first kappa shape index (κ1) is 11.6. The van der Waals surface area contributed by atoms with Gasteiger partial charge in [-0.3, -0.25) is 0 Å². The molecule has 0 fully saturated rings. The van der Waals surface area contributed by atoms with E-state index in [1.54, 1.807) is 0 Å². The molecule has 0 radical (unpaired) electrons. The summed E-state index contributed by atoms with van der Waals surface area (Å²) in [4.78, 5) is 11.2. The Kier molecular flexibility index (Phi) is 4.15. The molecule has 15 heavy (non-hydrogen) atoms. The van der Waals surface area contributed by atoms with Crippen molar-refractivity contribution in [2.24, 2.45) is 0 Å². The molecule has 2 N–H and O–H groups in total. The Balaban J connectivity index is 2.40. The van der Waals surface area contributed by atoms with E-state index in [-0.39, 0.29) is 6.03 Å². The molecular formula is C10H17N3O2. The highest BCUT2D eigenvalue weighted by atomic mass is 16.5. The third-order valence-corrected chi connectivity index (χ3v) is 2.14. The predicted octanol–water partition coefficient (Wildman–Crippen LogP) is 1.50. The topological polar surface area (TPSA) is 67.2 Å². The average molecular weight is 211 g/mol. The number of rotatable bonds is 4. The minimum absolute atomic E-state index is 0.156. The molecule has 0 atom stereocenters. The van der Waals surface area contributed by atoms with E-state index < -0.39 is 0 Å². The summed E-state index contributed by atoms with van der Waals surface area (Å²) in [6.45, 7) is 6.84. The zero-order chi connectivity index (χ0) is 11.3. The molecule has 0 bridgehead atoms. The fraction of sp³-hybridized carbons (Fsp3) is 0.600. The van der Waals surface area contributed by atoms with E-state index in [0.29, 0.717) is 13.1 Å². The lowest BCUT2D eigenvalue weighted by Crippen LogP contribution is -2.35. The first-order chi connectivity index (χ1) is 7.15. The molecule has 0 saturated heterocycles. The summed E-state index contributed by atoms with van der Waals surface area (Å²) in [7, 11) is 0. The lowest BCUT2D eigenvalue weighted by Gasteiger charge is -2.05. The van der Waals surface area contributed by atoms with Crippen LogP contribution < -0.4 is 10.6 Å². The van der Waals surface area contributed by atoms with Crippen LogP contribution in [0.15, 0.2) is 4.52 Å². The number of hydrogen-bond donors (Lipinski definition) is 2. The van der Waals surface area contributed by atoms with E-state index in [4.69, 9.17) is 4.52 Å². The zero-order valence-electron chi connectivity index (χ0n) is 9.39. The number of aromatic nitrogens is 1. The Morgan fingerprint density at radius 2 is 2.13 bits per heavy atom. The third-order valence-electron chi connectivity index (χ3n) is 2.14. The van der Waals surface area contributed by atoms with E-state index in [0.717, 1.165) is 23.4 Å². The first-order valence-electron chi connectivity index (χ1n) is 5.08. The Labute approximate surface area is 89.2 Å². The fourth-order valence-electron chi connectivity index (χ4n) is 1.22. The first-order valence-corrected chi connectivity index (χ1v) is 5.08. The van der Waals surface area contributed by atoms with E-state index >= 15 is 0 Å². The quantitative estimate of drug-likeness (QED) is 0.793. The number of nitrogens with one attached hydrogen (secondary N) is 2. The van der Waals surface area contributed by atoms with Crippen molar-refractivity contribution in [3.8, 4) is 0 Å². The second kappa shape index (κ2) is 5.38. The normalized spacial score (nSPS) is 10.1. The lowest BCUT2D eigenvalue weighted by molar-refractivity contribution is 0.240. The van der Waals surface area contributed by atoms with Gasteiger partial charge >= 0.3 is 6.03 Å². The van der Waals surface area contributed by atoms with Crippen LogP contribution in [0.4, 0.5) is 4.79 Å². The number of carbonyl (C=O) groups excluding carboxylic acids is 1. The van der Waals surface area contributed by atoms with E-state index in [9.17, 15) is 4.79 Å². The van der Waals surface area contributed by atoms with Crippen molar-refractivity contribution < 1.29 is 9.32 Å². The minimum atomic E-state index is -0.156. The molecule has 1 heterocycles. The van der Waals surface area contributed by atoms with Gasteiger partial charge in [0.2, 0.25) is 0 Å². The van der Waals surface area contributed by atoms with Gasteiger partial charge in [0.25, 0.3) is 0 Å². The van der Waals surface area contributed by atoms with E-state index in [2.05, 4.69) is 15.8 Å². The summed E-state index contributed by atoms with van der Waals surface area (Å²) < 4.78 is 4.99. The molecule has 0 spiro atoms. The van der Waals surface area contributed by atoms with Gasteiger partial charge in [-0.2, -0.15) is 0 Å². The van der Waals surface area contributed by atoms with Crippen molar-refractivity contribution >= 4 is 6.03 Å². The van der Waals surface area contributed by atoms with Crippen LogP contribution in [0, 0.1) is 13.8 Å². The molecule has 1 aromatic rings. The van der Waals surface area contributed by atoms with Crippen molar-refractivity contribution in [1.82, 2.24) is 15.8 Å². The highest BCUT2D eigenvalue weighted by molar-refractivity contribution is 5.73. The SMILES string of the molecule is CCCNC(=O)NCc1c(C)noc1C. The molecule has 1 aromatic heterocycles. The molecule has 0 aromatic carbocycles. The van der Waals surface area contributed by atoms with Gasteiger partial charge < -0.3 is 15.2 Å². The van der Waals surface area contributed by atoms with Crippen LogP contribution in [-0.2, 0) is 6.54 Å². The zero-order valence-corrected chi connectivity index (χ0v) is 9.39. The molecule has 5 nitrogen and oxygen atoms in total. The van der Waals surface area contributed by atoms with Gasteiger partial charge in [0.05, 0.1) is 5.69 Å². The smallest absolute Gasteiger partial charge is 0.315 e. The largest absolute Gasteiger partial charge is 0.361 e. The highest BCUT2D eigenvalue weighted by Crippen LogP contribution is 2.11. The van der Waals surface area contributed by atoms with Gasteiger partial charge in [0.15, 0.2) is 0 Å². The Morgan fingerprint density at radius 1 is 1.40 bits per heavy atom. The number of urea groups is 1. The Morgan fingerprint density at radius 3 is 2.67 bits per heavy atom. The van der Waals surface area contributed by atoms with Crippen molar-refractivity contribution in [3.05, 3.63) is 17.0 Å². The number of amides is 2. The van der Waals surface area contributed by atoms with Gasteiger partial charge in [-0.25, -0.2) is 4.79 Å². The van der Waals surface area contributed by atoms with Gasteiger partial charge in [0.1, 0.15) is 5.76 Å². The molecule has 0 aliphatic rings. The van der Waals surface area contributed by atoms with Crippen LogP contribution in [-0.4, -0.2) is 17.7 Å². The molecule has 1 rings (SSSR count). The van der Waals surface area contributed by atoms with Crippen molar-refractivity contribution in [3.63, 3.8) is 0 Å². The molecule has 2 amide bonds. The second-order valence-corrected chi connectivity index (χ2v) is 3.41. The number of nitrogens with zero attached hydrogens (tertiary/aromatic N) is 1.